The van der Waals surface area contributed by atoms with E-state index in [1.807, 2.05) is 35.2 Å². The van der Waals surface area contributed by atoms with Crippen LogP contribution < -0.4 is 4.74 Å². The monoisotopic (exact) mass is 365 g/mol. The molecule has 2 bridgehead atoms. The molecule has 1 aromatic heterocycles. The highest BCUT2D eigenvalue weighted by atomic mass is 16.6. The maximum atomic E-state index is 12.7. The van der Waals surface area contributed by atoms with Crippen LogP contribution in [0, 0.1) is 0 Å². The topological polar surface area (TPSA) is 64.5 Å². The van der Waals surface area contributed by atoms with Gasteiger partial charge in [-0.2, -0.15) is 0 Å². The van der Waals surface area contributed by atoms with Gasteiger partial charge in [0.1, 0.15) is 6.61 Å². The number of piperidine rings is 1. The predicted molar refractivity (Wildman–Crippen MR) is 101 cm³/mol. The predicted octanol–water partition coefficient (Wildman–Crippen LogP) is 3.83. The van der Waals surface area contributed by atoms with Gasteiger partial charge >= 0.3 is 12.1 Å². The largest absolute Gasteiger partial charge is 0.467 e. The van der Waals surface area contributed by atoms with E-state index >= 15 is 0 Å². The molecule has 2 aliphatic rings. The van der Waals surface area contributed by atoms with Gasteiger partial charge in [0.05, 0.1) is 13.2 Å². The van der Waals surface area contributed by atoms with E-state index in [2.05, 4.69) is 16.0 Å². The Morgan fingerprint density at radius 3 is 2.67 bits per heavy atom. The molecule has 140 valence electrons. The lowest BCUT2D eigenvalue weighted by Crippen LogP contribution is -2.51. The molecule has 1 amide bonds. The van der Waals surface area contributed by atoms with Crippen molar-refractivity contribution < 1.29 is 14.3 Å². The number of amides is 1. The molecule has 0 spiro atoms. The van der Waals surface area contributed by atoms with E-state index in [0.717, 1.165) is 36.8 Å². The van der Waals surface area contributed by atoms with Crippen molar-refractivity contribution in [3.63, 3.8) is 0 Å². The Morgan fingerprint density at radius 2 is 1.96 bits per heavy atom. The number of fused-ring (bicyclic) bond motifs is 2. The number of nitrogens with zero attached hydrogens (tertiary/aromatic N) is 3. The van der Waals surface area contributed by atoms with E-state index in [4.69, 9.17) is 9.47 Å². The molecule has 1 aromatic carbocycles. The number of rotatable bonds is 4. The molecule has 27 heavy (non-hydrogen) atoms. The lowest BCUT2D eigenvalue weighted by molar-refractivity contribution is 0.0510. The van der Waals surface area contributed by atoms with Crippen LogP contribution in [0.3, 0.4) is 0 Å². The summed E-state index contributed by atoms with van der Waals surface area (Å²) in [5, 5.41) is 0. The van der Waals surface area contributed by atoms with Gasteiger partial charge < -0.3 is 9.47 Å². The van der Waals surface area contributed by atoms with Gasteiger partial charge in [0.2, 0.25) is 0 Å². The minimum absolute atomic E-state index is 0.0675. The number of carbonyl (C=O) groups excluding carboxylic acids is 1. The zero-order valence-electron chi connectivity index (χ0n) is 15.4. The maximum Gasteiger partial charge on any atom is 0.410 e. The van der Waals surface area contributed by atoms with Crippen molar-refractivity contribution in [2.45, 2.75) is 44.4 Å². The summed E-state index contributed by atoms with van der Waals surface area (Å²) < 4.78 is 10.6. The number of benzene rings is 1. The van der Waals surface area contributed by atoms with Crippen molar-refractivity contribution in [3.8, 4) is 6.01 Å². The standard InChI is InChI=1S/C21H23N3O3/c1-26-20-22-12-17(13-23-20)16-10-18-8-5-9-19(11-16)24(18)21(25)27-14-15-6-3-2-4-7-15/h2-4,6-7,10,12-13,18-19H,5,8-9,11,14H2,1H3. The molecule has 0 radical (unpaired) electrons. The third kappa shape index (κ3) is 3.79. The Bertz CT molecular complexity index is 820. The molecular weight excluding hydrogens is 342 g/mol. The van der Waals surface area contributed by atoms with Gasteiger partial charge in [0, 0.05) is 24.0 Å². The zero-order chi connectivity index (χ0) is 18.6. The quantitative estimate of drug-likeness (QED) is 0.824. The molecule has 2 unspecified atom stereocenters. The van der Waals surface area contributed by atoms with Crippen molar-refractivity contribution in [2.75, 3.05) is 7.11 Å². The SMILES string of the molecule is COc1ncc(C2=CC3CCCC(C2)N3C(=O)OCc2ccccc2)cn1. The summed E-state index contributed by atoms with van der Waals surface area (Å²) in [6, 6.07) is 10.4. The fourth-order valence-electron chi connectivity index (χ4n) is 3.91. The summed E-state index contributed by atoms with van der Waals surface area (Å²) >= 11 is 0. The van der Waals surface area contributed by atoms with Crippen LogP contribution in [-0.4, -0.2) is 40.2 Å². The smallest absolute Gasteiger partial charge is 0.410 e. The first-order valence-electron chi connectivity index (χ1n) is 9.30. The van der Waals surface area contributed by atoms with Gasteiger partial charge in [0.25, 0.3) is 0 Å². The molecular formula is C21H23N3O3. The van der Waals surface area contributed by atoms with Crippen LogP contribution in [0.25, 0.3) is 5.57 Å². The first-order chi connectivity index (χ1) is 13.2. The van der Waals surface area contributed by atoms with Crippen LogP contribution in [0.15, 0.2) is 48.8 Å². The second-order valence-corrected chi connectivity index (χ2v) is 6.95. The van der Waals surface area contributed by atoms with Crippen LogP contribution in [0.5, 0.6) is 6.01 Å². The molecule has 2 atom stereocenters. The molecule has 2 aliphatic heterocycles. The van der Waals surface area contributed by atoms with E-state index < -0.39 is 0 Å². The summed E-state index contributed by atoms with van der Waals surface area (Å²) in [4.78, 5) is 23.1. The Balaban J connectivity index is 1.48. The molecule has 6 heteroatoms. The number of hydrogen-bond donors (Lipinski definition) is 0. The minimum Gasteiger partial charge on any atom is -0.467 e. The summed E-state index contributed by atoms with van der Waals surface area (Å²) in [5.41, 5.74) is 3.18. The van der Waals surface area contributed by atoms with Gasteiger partial charge in [-0.15, -0.1) is 0 Å². The van der Waals surface area contributed by atoms with E-state index in [9.17, 15) is 4.79 Å². The van der Waals surface area contributed by atoms with E-state index in [1.165, 1.54) is 5.57 Å². The van der Waals surface area contributed by atoms with Gasteiger partial charge in [-0.25, -0.2) is 14.8 Å². The molecule has 0 saturated carbocycles. The fraction of sp³-hybridized carbons (Fsp3) is 0.381. The summed E-state index contributed by atoms with van der Waals surface area (Å²) in [5.74, 6) is 0. The first-order valence-corrected chi connectivity index (χ1v) is 9.30. The van der Waals surface area contributed by atoms with Crippen LogP contribution in [0.2, 0.25) is 0 Å². The van der Waals surface area contributed by atoms with Crippen molar-refractivity contribution in [2.24, 2.45) is 0 Å². The van der Waals surface area contributed by atoms with Crippen molar-refractivity contribution >= 4 is 11.7 Å². The number of ether oxygens (including phenoxy) is 2. The van der Waals surface area contributed by atoms with E-state index in [0.29, 0.717) is 12.6 Å². The number of hydrogen-bond acceptors (Lipinski definition) is 5. The average Bonchev–Trinajstić information content (AvgIpc) is 2.72. The van der Waals surface area contributed by atoms with Crippen LogP contribution in [-0.2, 0) is 11.3 Å². The third-order valence-electron chi connectivity index (χ3n) is 5.23. The van der Waals surface area contributed by atoms with Gasteiger partial charge in [-0.05, 0) is 36.8 Å². The fourth-order valence-corrected chi connectivity index (χ4v) is 3.91. The lowest BCUT2D eigenvalue weighted by atomic mass is 9.83. The Kier molecular flexibility index (Phi) is 5.05. The summed E-state index contributed by atoms with van der Waals surface area (Å²) in [7, 11) is 1.55. The average molecular weight is 365 g/mol. The van der Waals surface area contributed by atoms with E-state index in [-0.39, 0.29) is 18.2 Å². The number of carbonyl (C=O) groups is 1. The van der Waals surface area contributed by atoms with Gasteiger partial charge in [0.15, 0.2) is 0 Å². The van der Waals surface area contributed by atoms with Crippen molar-refractivity contribution in [3.05, 3.63) is 59.9 Å². The summed E-state index contributed by atoms with van der Waals surface area (Å²) in [6.07, 6.45) is 9.39. The second kappa shape index (κ2) is 7.78. The number of aromatic nitrogens is 2. The first kappa shape index (κ1) is 17.5. The third-order valence-corrected chi connectivity index (χ3v) is 5.23. The van der Waals surface area contributed by atoms with Crippen molar-refractivity contribution in [1.82, 2.24) is 14.9 Å². The zero-order valence-corrected chi connectivity index (χ0v) is 15.4. The molecule has 3 heterocycles. The van der Waals surface area contributed by atoms with E-state index in [1.54, 1.807) is 19.5 Å². The molecule has 0 N–H and O–H groups in total. The van der Waals surface area contributed by atoms with Crippen LogP contribution >= 0.6 is 0 Å². The molecule has 1 fully saturated rings. The van der Waals surface area contributed by atoms with Crippen molar-refractivity contribution in [1.29, 1.82) is 0 Å². The normalized spacial score (nSPS) is 21.4. The minimum atomic E-state index is -0.227. The highest BCUT2D eigenvalue weighted by Crippen LogP contribution is 2.37. The van der Waals surface area contributed by atoms with Crippen LogP contribution in [0.1, 0.15) is 36.8 Å². The highest BCUT2D eigenvalue weighted by molar-refractivity contribution is 5.74. The van der Waals surface area contributed by atoms with Crippen LogP contribution in [0.4, 0.5) is 4.79 Å². The summed E-state index contributed by atoms with van der Waals surface area (Å²) in [6.45, 7) is 0.304. The maximum absolute atomic E-state index is 12.7. The highest BCUT2D eigenvalue weighted by Gasteiger charge is 2.38. The number of methoxy groups -OCH3 is 1. The molecule has 4 rings (SSSR count). The molecule has 1 saturated heterocycles. The van der Waals surface area contributed by atoms with Gasteiger partial charge in [-0.1, -0.05) is 36.4 Å². The second-order valence-electron chi connectivity index (χ2n) is 6.95. The Labute approximate surface area is 158 Å². The Hall–Kier alpha value is -2.89. The lowest BCUT2D eigenvalue weighted by Gasteiger charge is -2.44. The molecule has 0 aliphatic carbocycles. The molecule has 2 aromatic rings. The van der Waals surface area contributed by atoms with Gasteiger partial charge in [-0.3, -0.25) is 4.90 Å². The Morgan fingerprint density at radius 1 is 1.19 bits per heavy atom. The molecule has 6 nitrogen and oxygen atoms in total.